The first-order chi connectivity index (χ1) is 14.2. The summed E-state index contributed by atoms with van der Waals surface area (Å²) >= 11 is 6.20. The van der Waals surface area contributed by atoms with Crippen LogP contribution in [0.1, 0.15) is 34.3 Å². The molecule has 156 valence electrons. The Morgan fingerprint density at radius 2 is 2.13 bits per heavy atom. The highest BCUT2D eigenvalue weighted by molar-refractivity contribution is 6.30. The molecule has 4 rings (SSSR count). The largest absolute Gasteiger partial charge is 0.487 e. The molecule has 30 heavy (non-hydrogen) atoms. The molecular weight excluding hydrogens is 423 g/mol. The second kappa shape index (κ2) is 7.56. The van der Waals surface area contributed by atoms with E-state index < -0.39 is 23.9 Å². The Morgan fingerprint density at radius 3 is 2.83 bits per heavy atom. The number of hydrogen-bond acceptors (Lipinski definition) is 3. The Balaban J connectivity index is 1.61. The molecule has 0 saturated carbocycles. The van der Waals surface area contributed by atoms with Gasteiger partial charge >= 0.3 is 12.1 Å². The van der Waals surface area contributed by atoms with Crippen molar-refractivity contribution < 1.29 is 27.8 Å². The van der Waals surface area contributed by atoms with Gasteiger partial charge in [-0.1, -0.05) is 23.8 Å². The summed E-state index contributed by atoms with van der Waals surface area (Å²) in [6.07, 6.45) is 0.971. The quantitative estimate of drug-likeness (QED) is 0.568. The highest BCUT2D eigenvalue weighted by atomic mass is 35.5. The van der Waals surface area contributed by atoms with Crippen LogP contribution >= 0.6 is 11.6 Å². The number of nitrogens with zero attached hydrogens (tertiary/aromatic N) is 2. The van der Waals surface area contributed by atoms with Gasteiger partial charge in [0.2, 0.25) is 0 Å². The van der Waals surface area contributed by atoms with Crippen molar-refractivity contribution in [1.82, 2.24) is 14.8 Å². The fourth-order valence-electron chi connectivity index (χ4n) is 3.23. The maximum Gasteiger partial charge on any atom is 0.435 e. The van der Waals surface area contributed by atoms with Crippen molar-refractivity contribution in [2.75, 3.05) is 0 Å². The van der Waals surface area contributed by atoms with Crippen LogP contribution in [0, 0.1) is 0 Å². The van der Waals surface area contributed by atoms with E-state index >= 15 is 0 Å². The molecule has 0 radical (unpaired) electrons. The third-order valence-electron chi connectivity index (χ3n) is 4.68. The summed E-state index contributed by atoms with van der Waals surface area (Å²) in [7, 11) is 0. The Morgan fingerprint density at radius 1 is 1.33 bits per heavy atom. The molecule has 6 nitrogen and oxygen atoms in total. The van der Waals surface area contributed by atoms with Gasteiger partial charge in [-0.2, -0.15) is 18.3 Å². The number of aromatic carboxylic acids is 1. The number of carboxylic acid groups (broad SMARTS) is 1. The van der Waals surface area contributed by atoms with Crippen molar-refractivity contribution in [3.63, 3.8) is 0 Å². The Bertz CT molecular complexity index is 1180. The van der Waals surface area contributed by atoms with Crippen LogP contribution in [0.2, 0.25) is 0 Å². The van der Waals surface area contributed by atoms with Crippen LogP contribution in [0.4, 0.5) is 13.2 Å². The molecule has 3 aromatic rings. The van der Waals surface area contributed by atoms with Gasteiger partial charge in [0, 0.05) is 15.9 Å². The molecule has 1 unspecified atom stereocenters. The molecule has 0 saturated heterocycles. The Labute approximate surface area is 173 Å². The summed E-state index contributed by atoms with van der Waals surface area (Å²) in [5.74, 6) is -0.714. The monoisotopic (exact) mass is 437 g/mol. The van der Waals surface area contributed by atoms with Gasteiger partial charge in [-0.15, -0.1) is 0 Å². The first kappa shape index (κ1) is 20.1. The van der Waals surface area contributed by atoms with Gasteiger partial charge in [0.1, 0.15) is 18.1 Å². The number of allylic oxidation sites excluding steroid dienone is 4. The van der Waals surface area contributed by atoms with E-state index in [-0.39, 0.29) is 18.0 Å². The normalized spacial score (nSPS) is 16.7. The number of carboxylic acids is 1. The number of nitrogens with one attached hydrogen (secondary N) is 1. The van der Waals surface area contributed by atoms with Gasteiger partial charge in [-0.3, -0.25) is 4.68 Å². The van der Waals surface area contributed by atoms with Gasteiger partial charge in [-0.05, 0) is 42.8 Å². The van der Waals surface area contributed by atoms with Crippen molar-refractivity contribution in [2.24, 2.45) is 0 Å². The topological polar surface area (TPSA) is 80.1 Å². The van der Waals surface area contributed by atoms with Crippen molar-refractivity contribution in [1.29, 1.82) is 0 Å². The lowest BCUT2D eigenvalue weighted by atomic mass is 10.1. The van der Waals surface area contributed by atoms with Gasteiger partial charge in [0.05, 0.1) is 11.7 Å². The third kappa shape index (κ3) is 3.93. The average molecular weight is 438 g/mol. The molecule has 0 fully saturated rings. The Kier molecular flexibility index (Phi) is 5.07. The first-order valence-electron chi connectivity index (χ1n) is 8.89. The molecule has 1 aliphatic rings. The predicted octanol–water partition coefficient (Wildman–Crippen LogP) is 5.28. The number of hydrogen-bond donors (Lipinski definition) is 2. The zero-order valence-electron chi connectivity index (χ0n) is 15.3. The molecular formula is C20H15ClF3N3O3. The molecule has 2 aromatic heterocycles. The minimum atomic E-state index is -4.60. The van der Waals surface area contributed by atoms with E-state index in [1.54, 1.807) is 36.4 Å². The van der Waals surface area contributed by atoms with Crippen LogP contribution in [0.25, 0.3) is 10.9 Å². The van der Waals surface area contributed by atoms with Crippen LogP contribution < -0.4 is 4.74 Å². The first-order valence-corrected chi connectivity index (χ1v) is 9.27. The van der Waals surface area contributed by atoms with Crippen LogP contribution in [0.3, 0.4) is 0 Å². The number of benzene rings is 1. The zero-order chi connectivity index (χ0) is 21.5. The van der Waals surface area contributed by atoms with Crippen LogP contribution in [-0.4, -0.2) is 25.8 Å². The van der Waals surface area contributed by atoms with Crippen molar-refractivity contribution in [2.45, 2.75) is 25.2 Å². The fourth-order valence-corrected chi connectivity index (χ4v) is 3.48. The lowest BCUT2D eigenvalue weighted by molar-refractivity contribution is -0.141. The number of rotatable bonds is 5. The molecule has 0 amide bonds. The van der Waals surface area contributed by atoms with Crippen molar-refractivity contribution in [3.05, 3.63) is 70.7 Å². The summed E-state index contributed by atoms with van der Waals surface area (Å²) in [4.78, 5) is 13.8. The van der Waals surface area contributed by atoms with E-state index in [9.17, 15) is 18.0 Å². The SMILES string of the molecule is O=C(O)c1cc2cc(OCc3cc(C(F)(F)F)nn3C3CC=CC=C3Cl)ccc2[nH]1. The van der Waals surface area contributed by atoms with Gasteiger partial charge in [0.15, 0.2) is 5.69 Å². The maximum atomic E-state index is 13.2. The molecule has 0 bridgehead atoms. The van der Waals surface area contributed by atoms with Gasteiger partial charge in [0.25, 0.3) is 0 Å². The summed E-state index contributed by atoms with van der Waals surface area (Å²) < 4.78 is 46.6. The van der Waals surface area contributed by atoms with E-state index in [0.717, 1.165) is 6.07 Å². The standard InChI is InChI=1S/C20H15ClF3N3O3/c21-14-3-1-2-4-17(14)27-12(9-18(26-27)20(22,23)24)10-30-13-5-6-15-11(7-13)8-16(25-15)19(28)29/h1-3,5-9,17,25H,4,10H2,(H,28,29). The lowest BCUT2D eigenvalue weighted by Crippen LogP contribution is -2.17. The summed E-state index contributed by atoms with van der Waals surface area (Å²) in [6.45, 7) is -0.171. The summed E-state index contributed by atoms with van der Waals surface area (Å²) in [5, 5.41) is 13.8. The number of halogens is 4. The average Bonchev–Trinajstić information content (AvgIpc) is 3.30. The highest BCUT2D eigenvalue weighted by Crippen LogP contribution is 2.34. The number of ether oxygens (including phenoxy) is 1. The van der Waals surface area contributed by atoms with E-state index in [4.69, 9.17) is 21.4 Å². The van der Waals surface area contributed by atoms with Crippen LogP contribution in [-0.2, 0) is 12.8 Å². The second-order valence-corrected chi connectivity index (χ2v) is 7.16. The minimum Gasteiger partial charge on any atom is -0.487 e. The number of fused-ring (bicyclic) bond motifs is 1. The molecule has 1 atom stereocenters. The van der Waals surface area contributed by atoms with Crippen molar-refractivity contribution in [3.8, 4) is 5.75 Å². The fraction of sp³-hybridized carbons (Fsp3) is 0.200. The third-order valence-corrected chi connectivity index (χ3v) is 5.06. The van der Waals surface area contributed by atoms with Crippen LogP contribution in [0.15, 0.2) is 53.6 Å². The molecule has 0 spiro atoms. The maximum absolute atomic E-state index is 13.2. The number of H-pyrrole nitrogens is 1. The van der Waals surface area contributed by atoms with Crippen LogP contribution in [0.5, 0.6) is 5.75 Å². The molecule has 10 heteroatoms. The van der Waals surface area contributed by atoms with E-state index in [2.05, 4.69) is 10.1 Å². The second-order valence-electron chi connectivity index (χ2n) is 6.72. The summed E-state index contributed by atoms with van der Waals surface area (Å²) in [6, 6.07) is 6.71. The van der Waals surface area contributed by atoms with E-state index in [0.29, 0.717) is 28.1 Å². The highest BCUT2D eigenvalue weighted by Gasteiger charge is 2.36. The van der Waals surface area contributed by atoms with E-state index in [1.807, 2.05) is 0 Å². The Hall–Kier alpha value is -3.20. The lowest BCUT2D eigenvalue weighted by Gasteiger charge is -2.20. The number of alkyl halides is 3. The van der Waals surface area contributed by atoms with Crippen molar-refractivity contribution >= 4 is 28.5 Å². The number of aromatic amines is 1. The zero-order valence-corrected chi connectivity index (χ0v) is 16.0. The minimum absolute atomic E-state index is 0.0295. The van der Waals surface area contributed by atoms with Gasteiger partial charge in [-0.25, -0.2) is 4.79 Å². The van der Waals surface area contributed by atoms with Gasteiger partial charge < -0.3 is 14.8 Å². The smallest absolute Gasteiger partial charge is 0.435 e. The molecule has 2 heterocycles. The summed E-state index contributed by atoms with van der Waals surface area (Å²) in [5.41, 5.74) is -0.168. The molecule has 1 aromatic carbocycles. The number of carbonyl (C=O) groups is 1. The van der Waals surface area contributed by atoms with E-state index in [1.165, 1.54) is 10.7 Å². The number of aromatic nitrogens is 3. The molecule has 1 aliphatic carbocycles. The molecule has 2 N–H and O–H groups in total. The molecule has 0 aliphatic heterocycles. The predicted molar refractivity (Wildman–Crippen MR) is 104 cm³/mol.